The minimum absolute atomic E-state index is 0.304. The van der Waals surface area contributed by atoms with Gasteiger partial charge in [0.25, 0.3) is 0 Å². The van der Waals surface area contributed by atoms with Crippen LogP contribution in [0.15, 0.2) is 84.9 Å². The predicted molar refractivity (Wildman–Crippen MR) is 114 cm³/mol. The molecular weight excluding hydrogens is 344 g/mol. The summed E-state index contributed by atoms with van der Waals surface area (Å²) in [6.07, 6.45) is 6.29. The number of benzene rings is 3. The highest BCUT2D eigenvalue weighted by Crippen LogP contribution is 2.45. The molecule has 140 valence electrons. The molecule has 0 aliphatic heterocycles. The van der Waals surface area contributed by atoms with Crippen LogP contribution in [-0.4, -0.2) is 11.1 Å². The molecule has 1 aliphatic rings. The zero-order chi connectivity index (χ0) is 19.3. The quantitative estimate of drug-likeness (QED) is 0.450. The molecule has 0 saturated carbocycles. The molecule has 1 N–H and O–H groups in total. The second-order valence-corrected chi connectivity index (χ2v) is 7.42. The van der Waals surface area contributed by atoms with Gasteiger partial charge in [-0.2, -0.15) is 0 Å². The average molecular weight is 368 g/mol. The Kier molecular flexibility index (Phi) is 5.38. The van der Waals surface area contributed by atoms with Crippen LogP contribution in [0.3, 0.4) is 0 Å². The van der Waals surface area contributed by atoms with Crippen LogP contribution in [0.4, 0.5) is 0 Å². The molecule has 3 aromatic rings. The Hall–Kier alpha value is -3.13. The minimum Gasteiger partial charge on any atom is -0.478 e. The first-order valence-corrected chi connectivity index (χ1v) is 9.86. The largest absolute Gasteiger partial charge is 0.478 e. The molecule has 2 nitrogen and oxygen atoms in total. The number of aliphatic carboxylic acids is 1. The molecule has 28 heavy (non-hydrogen) atoms. The summed E-state index contributed by atoms with van der Waals surface area (Å²) in [4.78, 5) is 10.8. The van der Waals surface area contributed by atoms with Gasteiger partial charge in [-0.15, -0.1) is 0 Å². The van der Waals surface area contributed by atoms with Crippen molar-refractivity contribution in [1.29, 1.82) is 0 Å². The van der Waals surface area contributed by atoms with Gasteiger partial charge in [0.05, 0.1) is 0 Å². The third kappa shape index (κ3) is 3.91. The lowest BCUT2D eigenvalue weighted by molar-refractivity contribution is -0.131. The maximum Gasteiger partial charge on any atom is 0.328 e. The van der Waals surface area contributed by atoms with Gasteiger partial charge < -0.3 is 5.11 Å². The first-order chi connectivity index (χ1) is 13.7. The fourth-order valence-corrected chi connectivity index (χ4v) is 4.41. The standard InChI is InChI=1S/C26H24O2/c27-25(28)18-15-19-13-16-22(17-14-19)26-23-11-5-4-9-21(23)10-6-12-24(26)20-7-2-1-3-8-20/h1-5,7-9,11,13-18,24,26H,6,10,12H2,(H,27,28). The Morgan fingerprint density at radius 3 is 2.32 bits per heavy atom. The molecular formula is C26H24O2. The minimum atomic E-state index is -0.925. The van der Waals surface area contributed by atoms with E-state index in [0.717, 1.165) is 18.4 Å². The topological polar surface area (TPSA) is 37.3 Å². The van der Waals surface area contributed by atoms with Crippen molar-refractivity contribution in [3.63, 3.8) is 0 Å². The second kappa shape index (κ2) is 8.26. The van der Waals surface area contributed by atoms with E-state index >= 15 is 0 Å². The molecule has 0 radical (unpaired) electrons. The Balaban J connectivity index is 1.78. The van der Waals surface area contributed by atoms with Crippen LogP contribution in [-0.2, 0) is 11.2 Å². The highest BCUT2D eigenvalue weighted by molar-refractivity contribution is 5.85. The van der Waals surface area contributed by atoms with Gasteiger partial charge in [-0.3, -0.25) is 0 Å². The summed E-state index contributed by atoms with van der Waals surface area (Å²) in [6.45, 7) is 0. The van der Waals surface area contributed by atoms with Crippen LogP contribution in [0.1, 0.15) is 52.5 Å². The highest BCUT2D eigenvalue weighted by atomic mass is 16.4. The number of fused-ring (bicyclic) bond motifs is 1. The van der Waals surface area contributed by atoms with E-state index in [2.05, 4.69) is 66.7 Å². The van der Waals surface area contributed by atoms with Crippen LogP contribution < -0.4 is 0 Å². The smallest absolute Gasteiger partial charge is 0.328 e. The van der Waals surface area contributed by atoms with Gasteiger partial charge >= 0.3 is 5.97 Å². The van der Waals surface area contributed by atoms with E-state index in [4.69, 9.17) is 5.11 Å². The Morgan fingerprint density at radius 2 is 1.57 bits per heavy atom. The van der Waals surface area contributed by atoms with E-state index in [1.165, 1.54) is 34.8 Å². The number of carbonyl (C=O) groups is 1. The number of aryl methyl sites for hydroxylation is 1. The van der Waals surface area contributed by atoms with Crippen molar-refractivity contribution in [2.75, 3.05) is 0 Å². The van der Waals surface area contributed by atoms with E-state index in [1.54, 1.807) is 6.08 Å². The molecule has 0 heterocycles. The lowest BCUT2D eigenvalue weighted by Gasteiger charge is -2.28. The summed E-state index contributed by atoms with van der Waals surface area (Å²) in [6, 6.07) is 28.0. The van der Waals surface area contributed by atoms with Gasteiger partial charge in [-0.1, -0.05) is 78.9 Å². The molecule has 0 amide bonds. The maximum absolute atomic E-state index is 10.8. The molecule has 0 bridgehead atoms. The van der Waals surface area contributed by atoms with E-state index in [0.29, 0.717) is 11.8 Å². The van der Waals surface area contributed by atoms with Crippen LogP contribution in [0.25, 0.3) is 6.08 Å². The van der Waals surface area contributed by atoms with Gasteiger partial charge in [0.2, 0.25) is 0 Å². The molecule has 1 aliphatic carbocycles. The predicted octanol–water partition coefficient (Wildman–Crippen LogP) is 6.04. The van der Waals surface area contributed by atoms with Crippen LogP contribution in [0, 0.1) is 0 Å². The zero-order valence-corrected chi connectivity index (χ0v) is 15.8. The van der Waals surface area contributed by atoms with Crippen molar-refractivity contribution in [3.05, 3.63) is 113 Å². The van der Waals surface area contributed by atoms with Crippen molar-refractivity contribution >= 4 is 12.0 Å². The number of hydrogen-bond acceptors (Lipinski definition) is 1. The van der Waals surface area contributed by atoms with Crippen molar-refractivity contribution in [2.45, 2.75) is 31.1 Å². The molecule has 4 rings (SSSR count). The van der Waals surface area contributed by atoms with Crippen LogP contribution >= 0.6 is 0 Å². The summed E-state index contributed by atoms with van der Waals surface area (Å²) in [5.41, 5.74) is 6.45. The lowest BCUT2D eigenvalue weighted by Crippen LogP contribution is -2.12. The van der Waals surface area contributed by atoms with Gasteiger partial charge in [0.1, 0.15) is 0 Å². The van der Waals surface area contributed by atoms with E-state index in [-0.39, 0.29) is 0 Å². The summed E-state index contributed by atoms with van der Waals surface area (Å²) in [5.74, 6) is -0.185. The van der Waals surface area contributed by atoms with Gasteiger partial charge in [-0.25, -0.2) is 4.79 Å². The number of hydrogen-bond donors (Lipinski definition) is 1. The molecule has 0 saturated heterocycles. The Labute approximate surface area is 166 Å². The third-order valence-electron chi connectivity index (χ3n) is 5.70. The van der Waals surface area contributed by atoms with Crippen molar-refractivity contribution in [2.24, 2.45) is 0 Å². The summed E-state index contributed by atoms with van der Waals surface area (Å²) < 4.78 is 0. The van der Waals surface area contributed by atoms with Crippen molar-refractivity contribution in [3.8, 4) is 0 Å². The second-order valence-electron chi connectivity index (χ2n) is 7.42. The molecule has 0 fully saturated rings. The monoisotopic (exact) mass is 368 g/mol. The fourth-order valence-electron chi connectivity index (χ4n) is 4.41. The zero-order valence-electron chi connectivity index (χ0n) is 15.8. The van der Waals surface area contributed by atoms with Gasteiger partial charge in [0, 0.05) is 12.0 Å². The summed E-state index contributed by atoms with van der Waals surface area (Å²) in [7, 11) is 0. The highest BCUT2D eigenvalue weighted by Gasteiger charge is 2.30. The number of carboxylic acids is 1. The SMILES string of the molecule is O=C(O)C=Cc1ccc(C2c3ccccc3CCCC2c2ccccc2)cc1. The average Bonchev–Trinajstić information content (AvgIpc) is 2.93. The molecule has 2 heteroatoms. The number of carboxylic acid groups (broad SMARTS) is 1. The number of rotatable bonds is 4. The van der Waals surface area contributed by atoms with E-state index in [1.807, 2.05) is 12.1 Å². The first kappa shape index (κ1) is 18.2. The van der Waals surface area contributed by atoms with Gasteiger partial charge in [-0.05, 0) is 59.1 Å². The van der Waals surface area contributed by atoms with E-state index < -0.39 is 5.97 Å². The van der Waals surface area contributed by atoms with Crippen molar-refractivity contribution in [1.82, 2.24) is 0 Å². The summed E-state index contributed by atoms with van der Waals surface area (Å²) >= 11 is 0. The molecule has 0 spiro atoms. The van der Waals surface area contributed by atoms with Gasteiger partial charge in [0.15, 0.2) is 0 Å². The molecule has 2 unspecified atom stereocenters. The molecule has 3 aromatic carbocycles. The van der Waals surface area contributed by atoms with Crippen LogP contribution in [0.2, 0.25) is 0 Å². The van der Waals surface area contributed by atoms with Crippen LogP contribution in [0.5, 0.6) is 0 Å². The lowest BCUT2D eigenvalue weighted by atomic mass is 9.76. The molecule has 2 atom stereocenters. The van der Waals surface area contributed by atoms with Crippen molar-refractivity contribution < 1.29 is 9.90 Å². The Bertz CT molecular complexity index is 971. The van der Waals surface area contributed by atoms with E-state index in [9.17, 15) is 4.79 Å². The summed E-state index contributed by atoms with van der Waals surface area (Å²) in [5, 5.41) is 8.85. The fraction of sp³-hybridized carbons (Fsp3) is 0.192. The Morgan fingerprint density at radius 1 is 0.857 bits per heavy atom. The normalized spacial score (nSPS) is 19.1. The first-order valence-electron chi connectivity index (χ1n) is 9.86. The maximum atomic E-state index is 10.8. The molecule has 0 aromatic heterocycles. The third-order valence-corrected chi connectivity index (χ3v) is 5.70.